The maximum Gasteiger partial charge on any atom is 0.213 e. The molecule has 0 spiro atoms. The maximum absolute atomic E-state index is 5.91. The van der Waals surface area contributed by atoms with Crippen LogP contribution in [0.15, 0.2) is 23.3 Å². The van der Waals surface area contributed by atoms with E-state index in [1.54, 1.807) is 7.05 Å². The first-order valence-electron chi connectivity index (χ1n) is 9.85. The predicted octanol–water partition coefficient (Wildman–Crippen LogP) is 2.84. The highest BCUT2D eigenvalue weighted by Gasteiger charge is 2.21. The molecule has 2 fully saturated rings. The van der Waals surface area contributed by atoms with Gasteiger partial charge in [-0.1, -0.05) is 6.07 Å². The molecule has 0 aliphatic heterocycles. The number of hydrogen-bond acceptors (Lipinski definition) is 4. The Morgan fingerprint density at radius 2 is 2.08 bits per heavy atom. The van der Waals surface area contributed by atoms with Crippen molar-refractivity contribution in [1.29, 1.82) is 0 Å². The zero-order chi connectivity index (χ0) is 18.2. The number of rotatable bonds is 9. The van der Waals surface area contributed by atoms with Gasteiger partial charge in [-0.05, 0) is 50.0 Å². The van der Waals surface area contributed by atoms with Gasteiger partial charge in [0.25, 0.3) is 0 Å². The van der Waals surface area contributed by atoms with Gasteiger partial charge in [0.2, 0.25) is 5.88 Å². The molecule has 3 rings (SSSR count). The van der Waals surface area contributed by atoms with E-state index in [4.69, 9.17) is 9.47 Å². The van der Waals surface area contributed by atoms with Crippen LogP contribution in [0.25, 0.3) is 0 Å². The molecular weight excluding hydrogens is 328 g/mol. The summed E-state index contributed by atoms with van der Waals surface area (Å²) < 4.78 is 11.6. The molecule has 1 heterocycles. The zero-order valence-electron chi connectivity index (χ0n) is 16.1. The van der Waals surface area contributed by atoms with Crippen molar-refractivity contribution in [3.8, 4) is 5.88 Å². The Hall–Kier alpha value is -1.82. The van der Waals surface area contributed by atoms with Crippen molar-refractivity contribution in [2.24, 2.45) is 10.9 Å². The van der Waals surface area contributed by atoms with Crippen LogP contribution < -0.4 is 10.1 Å². The first-order chi connectivity index (χ1) is 12.7. The molecule has 1 N–H and O–H groups in total. The average molecular weight is 361 g/mol. The molecule has 144 valence electrons. The summed E-state index contributed by atoms with van der Waals surface area (Å²) in [5, 5.41) is 3.38. The zero-order valence-corrected chi connectivity index (χ0v) is 16.1. The lowest BCUT2D eigenvalue weighted by atomic mass is 10.3. The summed E-state index contributed by atoms with van der Waals surface area (Å²) in [4.78, 5) is 10.9. The molecule has 0 bridgehead atoms. The monoisotopic (exact) mass is 360 g/mol. The van der Waals surface area contributed by atoms with Crippen LogP contribution >= 0.6 is 0 Å². The van der Waals surface area contributed by atoms with E-state index >= 15 is 0 Å². The quantitative estimate of drug-likeness (QED) is 0.417. The summed E-state index contributed by atoms with van der Waals surface area (Å²) in [7, 11) is 3.84. The van der Waals surface area contributed by atoms with Gasteiger partial charge in [0.05, 0.1) is 6.61 Å². The minimum absolute atomic E-state index is 0.348. The van der Waals surface area contributed by atoms with Crippen LogP contribution in [-0.4, -0.2) is 55.8 Å². The maximum atomic E-state index is 5.91. The third-order valence-corrected chi connectivity index (χ3v) is 5.03. The number of aliphatic imine (C=N–C) groups is 1. The molecule has 1 aromatic heterocycles. The van der Waals surface area contributed by atoms with Gasteiger partial charge in [-0.2, -0.15) is 0 Å². The third kappa shape index (κ3) is 6.16. The molecule has 0 radical (unpaired) electrons. The minimum atomic E-state index is 0.348. The second-order valence-electron chi connectivity index (χ2n) is 7.37. The third-order valence-electron chi connectivity index (χ3n) is 5.03. The number of nitrogens with one attached hydrogen (secondary N) is 1. The average Bonchev–Trinajstić information content (AvgIpc) is 3.35. The molecule has 0 amide bonds. The van der Waals surface area contributed by atoms with Crippen LogP contribution in [0.4, 0.5) is 0 Å². The highest BCUT2D eigenvalue weighted by molar-refractivity contribution is 5.79. The minimum Gasteiger partial charge on any atom is -0.474 e. The summed E-state index contributed by atoms with van der Waals surface area (Å²) in [5.74, 6) is 2.41. The largest absolute Gasteiger partial charge is 0.474 e. The first-order valence-corrected chi connectivity index (χ1v) is 9.85. The van der Waals surface area contributed by atoms with Gasteiger partial charge in [0.1, 0.15) is 6.10 Å². The van der Waals surface area contributed by atoms with E-state index in [0.717, 1.165) is 55.9 Å². The van der Waals surface area contributed by atoms with Gasteiger partial charge < -0.3 is 19.7 Å². The van der Waals surface area contributed by atoms with Gasteiger partial charge in [-0.3, -0.25) is 4.99 Å². The number of pyridine rings is 1. The van der Waals surface area contributed by atoms with Crippen molar-refractivity contribution >= 4 is 5.96 Å². The van der Waals surface area contributed by atoms with Crippen LogP contribution in [0.5, 0.6) is 5.88 Å². The fourth-order valence-electron chi connectivity index (χ4n) is 3.17. The topological polar surface area (TPSA) is 59.0 Å². The molecule has 0 saturated heterocycles. The number of likely N-dealkylation sites (N-methyl/N-ethyl adjacent to an activating group) is 1. The molecule has 2 aliphatic carbocycles. The smallest absolute Gasteiger partial charge is 0.213 e. The molecule has 2 saturated carbocycles. The summed E-state index contributed by atoms with van der Waals surface area (Å²) >= 11 is 0. The van der Waals surface area contributed by atoms with E-state index in [9.17, 15) is 0 Å². The summed E-state index contributed by atoms with van der Waals surface area (Å²) in [6.07, 6.45) is 9.73. The molecule has 0 atom stereocenters. The SMILES string of the molecule is CN=C(NCc1ccc(OC2CCCC2)nc1)N(C)CCOCC1CC1. The van der Waals surface area contributed by atoms with Gasteiger partial charge in [-0.15, -0.1) is 0 Å². The highest BCUT2D eigenvalue weighted by Crippen LogP contribution is 2.28. The second kappa shape index (κ2) is 9.76. The lowest BCUT2D eigenvalue weighted by molar-refractivity contribution is 0.115. The van der Waals surface area contributed by atoms with Crippen LogP contribution in [0.2, 0.25) is 0 Å². The normalized spacial score (nSPS) is 18.2. The Balaban J connectivity index is 1.37. The number of aromatic nitrogens is 1. The Labute approximate surface area is 157 Å². The van der Waals surface area contributed by atoms with E-state index < -0.39 is 0 Å². The molecule has 0 unspecified atom stereocenters. The lowest BCUT2D eigenvalue weighted by Crippen LogP contribution is -2.40. The molecular formula is C20H32N4O2. The van der Waals surface area contributed by atoms with E-state index in [0.29, 0.717) is 12.6 Å². The molecule has 2 aliphatic rings. The van der Waals surface area contributed by atoms with Gasteiger partial charge >= 0.3 is 0 Å². The Morgan fingerprint density at radius 1 is 1.27 bits per heavy atom. The van der Waals surface area contributed by atoms with Gasteiger partial charge in [0, 0.05) is 46.1 Å². The predicted molar refractivity (Wildman–Crippen MR) is 103 cm³/mol. The Kier molecular flexibility index (Phi) is 7.12. The van der Waals surface area contributed by atoms with E-state index in [1.807, 2.05) is 19.3 Å². The lowest BCUT2D eigenvalue weighted by Gasteiger charge is -2.22. The van der Waals surface area contributed by atoms with Crippen molar-refractivity contribution in [3.05, 3.63) is 23.9 Å². The van der Waals surface area contributed by atoms with Crippen LogP contribution in [-0.2, 0) is 11.3 Å². The fourth-order valence-corrected chi connectivity index (χ4v) is 3.17. The summed E-state index contributed by atoms with van der Waals surface area (Å²) in [6, 6.07) is 4.03. The number of hydrogen-bond donors (Lipinski definition) is 1. The van der Waals surface area contributed by atoms with E-state index in [2.05, 4.69) is 26.3 Å². The molecule has 6 heteroatoms. The van der Waals surface area contributed by atoms with Gasteiger partial charge in [0.15, 0.2) is 5.96 Å². The van der Waals surface area contributed by atoms with Crippen LogP contribution in [0.1, 0.15) is 44.1 Å². The molecule has 0 aromatic carbocycles. The fraction of sp³-hybridized carbons (Fsp3) is 0.700. The van der Waals surface area contributed by atoms with Crippen molar-refractivity contribution in [3.63, 3.8) is 0 Å². The molecule has 1 aromatic rings. The first kappa shape index (κ1) is 19.0. The van der Waals surface area contributed by atoms with E-state index in [1.165, 1.54) is 25.7 Å². The summed E-state index contributed by atoms with van der Waals surface area (Å²) in [5.41, 5.74) is 1.11. The van der Waals surface area contributed by atoms with Crippen molar-refractivity contribution in [2.45, 2.75) is 51.2 Å². The Morgan fingerprint density at radius 3 is 2.73 bits per heavy atom. The van der Waals surface area contributed by atoms with Gasteiger partial charge in [-0.25, -0.2) is 4.98 Å². The van der Waals surface area contributed by atoms with Crippen molar-refractivity contribution < 1.29 is 9.47 Å². The van der Waals surface area contributed by atoms with Crippen molar-refractivity contribution in [2.75, 3.05) is 33.9 Å². The van der Waals surface area contributed by atoms with E-state index in [-0.39, 0.29) is 0 Å². The summed E-state index contributed by atoms with van der Waals surface area (Å²) in [6.45, 7) is 3.17. The standard InChI is InChI=1S/C20H32N4O2/c1-21-20(24(2)11-12-25-15-16-7-8-16)23-14-17-9-10-19(22-13-17)26-18-5-3-4-6-18/h9-10,13,16,18H,3-8,11-12,14-15H2,1-2H3,(H,21,23). The molecule has 26 heavy (non-hydrogen) atoms. The number of guanidine groups is 1. The number of ether oxygens (including phenoxy) is 2. The Bertz CT molecular complexity index is 566. The molecule has 6 nitrogen and oxygen atoms in total. The second-order valence-corrected chi connectivity index (χ2v) is 7.37. The number of nitrogens with zero attached hydrogens (tertiary/aromatic N) is 3. The van der Waals surface area contributed by atoms with Crippen LogP contribution in [0.3, 0.4) is 0 Å². The van der Waals surface area contributed by atoms with Crippen LogP contribution in [0, 0.1) is 5.92 Å². The highest BCUT2D eigenvalue weighted by atomic mass is 16.5. The van der Waals surface area contributed by atoms with Crippen molar-refractivity contribution in [1.82, 2.24) is 15.2 Å².